The Morgan fingerprint density at radius 2 is 1.70 bits per heavy atom. The summed E-state index contributed by atoms with van der Waals surface area (Å²) in [7, 11) is -1.99. The summed E-state index contributed by atoms with van der Waals surface area (Å²) in [5, 5.41) is 0. The first-order valence-electron chi connectivity index (χ1n) is 9.15. The van der Waals surface area contributed by atoms with Gasteiger partial charge in [-0.3, -0.25) is 4.79 Å². The van der Waals surface area contributed by atoms with Gasteiger partial charge in [0.25, 0.3) is 16.1 Å². The predicted molar refractivity (Wildman–Crippen MR) is 101 cm³/mol. The van der Waals surface area contributed by atoms with Crippen LogP contribution in [0.3, 0.4) is 0 Å². The van der Waals surface area contributed by atoms with E-state index in [1.54, 1.807) is 36.3 Å². The lowest BCUT2D eigenvalue weighted by Gasteiger charge is -2.40. The van der Waals surface area contributed by atoms with E-state index in [0.717, 1.165) is 0 Å². The van der Waals surface area contributed by atoms with Crippen LogP contribution >= 0.6 is 0 Å². The second-order valence-electron chi connectivity index (χ2n) is 7.01. The third-order valence-electron chi connectivity index (χ3n) is 4.88. The van der Waals surface area contributed by atoms with Crippen molar-refractivity contribution in [3.63, 3.8) is 0 Å². The van der Waals surface area contributed by atoms with Crippen molar-refractivity contribution in [2.24, 2.45) is 0 Å². The zero-order valence-corrected chi connectivity index (χ0v) is 16.8. The Balaban J connectivity index is 1.63. The third kappa shape index (κ3) is 4.43. The number of rotatable bonds is 4. The van der Waals surface area contributed by atoms with E-state index in [9.17, 15) is 13.2 Å². The summed E-state index contributed by atoms with van der Waals surface area (Å²) in [6.45, 7) is 5.78. The number of hydrogen-bond donors (Lipinski definition) is 0. The fraction of sp³-hybridized carbons (Fsp3) is 0.611. The molecule has 8 nitrogen and oxygen atoms in total. The zero-order valence-electron chi connectivity index (χ0n) is 16.0. The molecule has 9 heteroatoms. The fourth-order valence-electron chi connectivity index (χ4n) is 3.54. The van der Waals surface area contributed by atoms with E-state index in [1.165, 1.54) is 8.61 Å². The molecule has 0 aliphatic carbocycles. The molecule has 27 heavy (non-hydrogen) atoms. The molecule has 2 saturated heterocycles. The minimum Gasteiger partial charge on any atom is -0.497 e. The quantitative estimate of drug-likeness (QED) is 0.751. The van der Waals surface area contributed by atoms with Gasteiger partial charge in [-0.05, 0) is 32.0 Å². The van der Waals surface area contributed by atoms with Gasteiger partial charge in [-0.25, -0.2) is 0 Å². The van der Waals surface area contributed by atoms with Gasteiger partial charge in [0.05, 0.1) is 19.3 Å². The highest BCUT2D eigenvalue weighted by molar-refractivity contribution is 7.86. The number of nitrogens with zero attached hydrogens (tertiary/aromatic N) is 3. The summed E-state index contributed by atoms with van der Waals surface area (Å²) in [6, 6.07) is 6.99. The highest BCUT2D eigenvalue weighted by atomic mass is 32.2. The summed E-state index contributed by atoms with van der Waals surface area (Å²) in [6.07, 6.45) is -0.251. The van der Waals surface area contributed by atoms with Crippen molar-refractivity contribution >= 4 is 16.1 Å². The lowest BCUT2D eigenvalue weighted by molar-refractivity contribution is -0.0457. The van der Waals surface area contributed by atoms with Gasteiger partial charge in [0.1, 0.15) is 5.75 Å². The van der Waals surface area contributed by atoms with Gasteiger partial charge < -0.3 is 14.4 Å². The van der Waals surface area contributed by atoms with Gasteiger partial charge in [-0.15, -0.1) is 0 Å². The molecule has 1 aromatic rings. The van der Waals surface area contributed by atoms with E-state index >= 15 is 0 Å². The Hall–Kier alpha value is -1.68. The summed E-state index contributed by atoms with van der Waals surface area (Å²) < 4.78 is 39.6. The average Bonchev–Trinajstić information content (AvgIpc) is 2.67. The number of benzene rings is 1. The highest BCUT2D eigenvalue weighted by Gasteiger charge is 2.37. The van der Waals surface area contributed by atoms with Crippen LogP contribution in [-0.2, 0) is 14.9 Å². The number of methoxy groups -OCH3 is 1. The van der Waals surface area contributed by atoms with Crippen molar-refractivity contribution in [2.45, 2.75) is 26.1 Å². The second-order valence-corrected chi connectivity index (χ2v) is 8.93. The minimum atomic E-state index is -3.55. The van der Waals surface area contributed by atoms with Crippen LogP contribution in [0.4, 0.5) is 0 Å². The Bertz CT molecular complexity index is 767. The van der Waals surface area contributed by atoms with Crippen LogP contribution < -0.4 is 4.74 Å². The van der Waals surface area contributed by atoms with Crippen LogP contribution in [-0.4, -0.2) is 86.4 Å². The van der Waals surface area contributed by atoms with Crippen molar-refractivity contribution in [1.29, 1.82) is 0 Å². The van der Waals surface area contributed by atoms with Gasteiger partial charge in [0, 0.05) is 44.8 Å². The van der Waals surface area contributed by atoms with Gasteiger partial charge in [-0.2, -0.15) is 17.0 Å². The maximum absolute atomic E-state index is 12.9. The predicted octanol–water partition coefficient (Wildman–Crippen LogP) is 0.807. The van der Waals surface area contributed by atoms with E-state index in [1.807, 2.05) is 13.8 Å². The molecule has 0 radical (unpaired) electrons. The minimum absolute atomic E-state index is 0.112. The van der Waals surface area contributed by atoms with Crippen LogP contribution in [0.15, 0.2) is 24.3 Å². The van der Waals surface area contributed by atoms with Gasteiger partial charge in [0.2, 0.25) is 0 Å². The van der Waals surface area contributed by atoms with E-state index in [2.05, 4.69) is 0 Å². The molecule has 3 rings (SSSR count). The monoisotopic (exact) mass is 397 g/mol. The van der Waals surface area contributed by atoms with E-state index in [-0.39, 0.29) is 31.2 Å². The first-order chi connectivity index (χ1) is 12.8. The molecule has 0 N–H and O–H groups in total. The van der Waals surface area contributed by atoms with Crippen molar-refractivity contribution in [2.75, 3.05) is 46.4 Å². The van der Waals surface area contributed by atoms with Gasteiger partial charge >= 0.3 is 0 Å². The van der Waals surface area contributed by atoms with Crippen molar-refractivity contribution < 1.29 is 22.7 Å². The molecule has 0 unspecified atom stereocenters. The van der Waals surface area contributed by atoms with Crippen LogP contribution in [0.2, 0.25) is 0 Å². The molecule has 1 amide bonds. The molecule has 1 aromatic carbocycles. The summed E-state index contributed by atoms with van der Waals surface area (Å²) >= 11 is 0. The number of carbonyl (C=O) groups excluding carboxylic acids is 1. The largest absolute Gasteiger partial charge is 0.497 e. The molecule has 2 heterocycles. The Morgan fingerprint density at radius 1 is 1.07 bits per heavy atom. The number of piperazine rings is 1. The molecular weight excluding hydrogens is 370 g/mol. The topological polar surface area (TPSA) is 79.4 Å². The highest BCUT2D eigenvalue weighted by Crippen LogP contribution is 2.20. The van der Waals surface area contributed by atoms with Gasteiger partial charge in [0.15, 0.2) is 0 Å². The summed E-state index contributed by atoms with van der Waals surface area (Å²) in [4.78, 5) is 14.4. The molecule has 0 bridgehead atoms. The zero-order chi connectivity index (χ0) is 19.6. The molecule has 2 aliphatic heterocycles. The number of amides is 1. The maximum atomic E-state index is 12.9. The lowest BCUT2D eigenvalue weighted by Crippen LogP contribution is -2.57. The van der Waals surface area contributed by atoms with Crippen molar-refractivity contribution in [1.82, 2.24) is 13.5 Å². The molecular formula is C18H27N3O5S. The Morgan fingerprint density at radius 3 is 2.30 bits per heavy atom. The normalized spacial score (nSPS) is 25.4. The van der Waals surface area contributed by atoms with Crippen molar-refractivity contribution in [3.8, 4) is 5.75 Å². The fourth-order valence-corrected chi connectivity index (χ4v) is 5.29. The molecule has 2 aliphatic rings. The molecule has 0 saturated carbocycles. The molecule has 150 valence electrons. The smallest absolute Gasteiger partial charge is 0.282 e. The second kappa shape index (κ2) is 8.14. The van der Waals surface area contributed by atoms with Gasteiger partial charge in [-0.1, -0.05) is 6.07 Å². The number of carbonyl (C=O) groups is 1. The molecule has 2 atom stereocenters. The van der Waals surface area contributed by atoms with E-state index < -0.39 is 10.2 Å². The average molecular weight is 397 g/mol. The summed E-state index contributed by atoms with van der Waals surface area (Å²) in [5.41, 5.74) is 0.543. The Labute approximate surface area is 160 Å². The SMILES string of the molecule is COc1cccc(C(=O)N2CCN(S(=O)(=O)N3C[C@@H](C)O[C@H](C)C3)CC2)c1. The van der Waals surface area contributed by atoms with E-state index in [0.29, 0.717) is 37.5 Å². The van der Waals surface area contributed by atoms with Crippen LogP contribution in [0, 0.1) is 0 Å². The van der Waals surface area contributed by atoms with Crippen LogP contribution in [0.1, 0.15) is 24.2 Å². The molecule has 0 spiro atoms. The summed E-state index contributed by atoms with van der Waals surface area (Å²) in [5.74, 6) is 0.511. The van der Waals surface area contributed by atoms with Crippen LogP contribution in [0.5, 0.6) is 5.75 Å². The third-order valence-corrected chi connectivity index (χ3v) is 6.85. The lowest BCUT2D eigenvalue weighted by atomic mass is 10.1. The van der Waals surface area contributed by atoms with E-state index in [4.69, 9.17) is 9.47 Å². The number of ether oxygens (including phenoxy) is 2. The van der Waals surface area contributed by atoms with Crippen LogP contribution in [0.25, 0.3) is 0 Å². The first kappa shape index (κ1) is 20.1. The van der Waals surface area contributed by atoms with Crippen molar-refractivity contribution in [3.05, 3.63) is 29.8 Å². The maximum Gasteiger partial charge on any atom is 0.282 e. The first-order valence-corrected chi connectivity index (χ1v) is 10.5. The molecule has 2 fully saturated rings. The number of morpholine rings is 1. The Kier molecular flexibility index (Phi) is 6.05. The number of hydrogen-bond acceptors (Lipinski definition) is 5. The molecule has 0 aromatic heterocycles. The standard InChI is InChI=1S/C18H27N3O5S/c1-14-12-21(13-15(2)26-14)27(23,24)20-9-7-19(8-10-20)18(22)16-5-4-6-17(11-16)25-3/h4-6,11,14-15H,7-10,12-13H2,1-3H3/t14-,15-/m1/s1.